The van der Waals surface area contributed by atoms with Crippen LogP contribution < -0.4 is 15.4 Å². The third-order valence-electron chi connectivity index (χ3n) is 4.89. The summed E-state index contributed by atoms with van der Waals surface area (Å²) in [6.07, 6.45) is 3.46. The Hall–Kier alpha value is -2.83. The first-order valence-corrected chi connectivity index (χ1v) is 8.92. The lowest BCUT2D eigenvalue weighted by Gasteiger charge is -2.29. The maximum Gasteiger partial charge on any atom is 0.220 e. The van der Waals surface area contributed by atoms with Gasteiger partial charge in [0.25, 0.3) is 0 Å². The minimum absolute atomic E-state index is 0.0747. The molecule has 1 aliphatic rings. The lowest BCUT2D eigenvalue weighted by Crippen LogP contribution is -2.44. The summed E-state index contributed by atoms with van der Waals surface area (Å²) in [5, 5.41) is 5.75. The SMILES string of the molecule is COc1ccc(F)c(CC2(CCC(=O)NCc3ccco3)CCC(=O)N2)c1. The van der Waals surface area contributed by atoms with E-state index in [1.165, 1.54) is 13.2 Å². The average Bonchev–Trinajstić information content (AvgIpc) is 3.30. The van der Waals surface area contributed by atoms with Crippen molar-refractivity contribution in [2.24, 2.45) is 0 Å². The zero-order valence-electron chi connectivity index (χ0n) is 15.2. The molecule has 0 radical (unpaired) electrons. The van der Waals surface area contributed by atoms with Crippen molar-refractivity contribution in [1.82, 2.24) is 10.6 Å². The lowest BCUT2D eigenvalue weighted by atomic mass is 9.84. The van der Waals surface area contributed by atoms with Crippen LogP contribution in [0.2, 0.25) is 0 Å². The average molecular weight is 374 g/mol. The highest BCUT2D eigenvalue weighted by Crippen LogP contribution is 2.31. The van der Waals surface area contributed by atoms with Crippen LogP contribution in [-0.4, -0.2) is 24.5 Å². The van der Waals surface area contributed by atoms with Gasteiger partial charge < -0.3 is 19.8 Å². The van der Waals surface area contributed by atoms with E-state index in [0.717, 1.165) is 0 Å². The number of halogens is 1. The van der Waals surface area contributed by atoms with Crippen LogP contribution in [0.15, 0.2) is 41.0 Å². The molecule has 1 saturated heterocycles. The third kappa shape index (κ3) is 4.87. The molecule has 27 heavy (non-hydrogen) atoms. The highest BCUT2D eigenvalue weighted by Gasteiger charge is 2.38. The molecular weight excluding hydrogens is 351 g/mol. The van der Waals surface area contributed by atoms with Gasteiger partial charge in [-0.3, -0.25) is 9.59 Å². The predicted octanol–water partition coefficient (Wildman–Crippen LogP) is 2.72. The number of hydrogen-bond donors (Lipinski definition) is 2. The largest absolute Gasteiger partial charge is 0.497 e. The summed E-state index contributed by atoms with van der Waals surface area (Å²) in [4.78, 5) is 24.0. The zero-order valence-corrected chi connectivity index (χ0v) is 15.2. The highest BCUT2D eigenvalue weighted by atomic mass is 19.1. The monoisotopic (exact) mass is 374 g/mol. The van der Waals surface area contributed by atoms with Crippen LogP contribution in [0.3, 0.4) is 0 Å². The van der Waals surface area contributed by atoms with E-state index in [2.05, 4.69) is 10.6 Å². The van der Waals surface area contributed by atoms with Crippen molar-refractivity contribution in [2.45, 2.75) is 44.2 Å². The van der Waals surface area contributed by atoms with Crippen LogP contribution in [0.4, 0.5) is 4.39 Å². The van der Waals surface area contributed by atoms with Crippen molar-refractivity contribution in [3.05, 3.63) is 53.7 Å². The second kappa shape index (κ2) is 8.24. The molecule has 6 nitrogen and oxygen atoms in total. The van der Waals surface area contributed by atoms with Gasteiger partial charge in [0.15, 0.2) is 0 Å². The fourth-order valence-electron chi connectivity index (χ4n) is 3.40. The van der Waals surface area contributed by atoms with Gasteiger partial charge in [0.05, 0.1) is 19.9 Å². The molecule has 0 aliphatic carbocycles. The lowest BCUT2D eigenvalue weighted by molar-refractivity contribution is -0.123. The number of nitrogens with one attached hydrogen (secondary N) is 2. The zero-order chi connectivity index (χ0) is 19.3. The van der Waals surface area contributed by atoms with Crippen molar-refractivity contribution >= 4 is 11.8 Å². The van der Waals surface area contributed by atoms with Gasteiger partial charge in [-0.2, -0.15) is 0 Å². The first-order chi connectivity index (χ1) is 13.0. The summed E-state index contributed by atoms with van der Waals surface area (Å²) in [7, 11) is 1.52. The normalized spacial score (nSPS) is 19.0. The van der Waals surface area contributed by atoms with Crippen molar-refractivity contribution in [1.29, 1.82) is 0 Å². The summed E-state index contributed by atoms with van der Waals surface area (Å²) in [6, 6.07) is 8.09. The van der Waals surface area contributed by atoms with E-state index in [-0.39, 0.29) is 24.1 Å². The van der Waals surface area contributed by atoms with E-state index in [1.54, 1.807) is 30.5 Å². The molecule has 1 aromatic carbocycles. The van der Waals surface area contributed by atoms with Crippen molar-refractivity contribution in [3.63, 3.8) is 0 Å². The maximum absolute atomic E-state index is 14.2. The van der Waals surface area contributed by atoms with Crippen LogP contribution in [0.5, 0.6) is 5.75 Å². The Balaban J connectivity index is 1.64. The number of hydrogen-bond acceptors (Lipinski definition) is 4. The summed E-state index contributed by atoms with van der Waals surface area (Å²) >= 11 is 0. The van der Waals surface area contributed by atoms with Crippen LogP contribution in [0.1, 0.15) is 37.0 Å². The van der Waals surface area contributed by atoms with E-state index < -0.39 is 5.54 Å². The van der Waals surface area contributed by atoms with E-state index in [9.17, 15) is 14.0 Å². The Morgan fingerprint density at radius 2 is 2.26 bits per heavy atom. The summed E-state index contributed by atoms with van der Waals surface area (Å²) < 4.78 is 24.6. The van der Waals surface area contributed by atoms with Crippen molar-refractivity contribution in [3.8, 4) is 5.75 Å². The van der Waals surface area contributed by atoms with Crippen LogP contribution in [0, 0.1) is 5.82 Å². The second-order valence-electron chi connectivity index (χ2n) is 6.82. The van der Waals surface area contributed by atoms with Gasteiger partial charge in [-0.1, -0.05) is 0 Å². The molecule has 1 atom stereocenters. The Kier molecular flexibility index (Phi) is 5.78. The van der Waals surface area contributed by atoms with Crippen LogP contribution >= 0.6 is 0 Å². The van der Waals surface area contributed by atoms with Gasteiger partial charge in [-0.25, -0.2) is 4.39 Å². The molecule has 0 saturated carbocycles. The number of ether oxygens (including phenoxy) is 1. The summed E-state index contributed by atoms with van der Waals surface area (Å²) in [5.41, 5.74) is -0.167. The predicted molar refractivity (Wildman–Crippen MR) is 96.6 cm³/mol. The molecule has 2 heterocycles. The molecule has 0 bridgehead atoms. The second-order valence-corrected chi connectivity index (χ2v) is 6.82. The Morgan fingerprint density at radius 1 is 1.41 bits per heavy atom. The number of methoxy groups -OCH3 is 1. The van der Waals surface area contributed by atoms with E-state index >= 15 is 0 Å². The Morgan fingerprint density at radius 3 is 2.93 bits per heavy atom. The quantitative estimate of drug-likeness (QED) is 0.745. The number of benzene rings is 1. The minimum atomic E-state index is -0.633. The molecule has 1 fully saturated rings. The van der Waals surface area contributed by atoms with Gasteiger partial charge >= 0.3 is 0 Å². The van der Waals surface area contributed by atoms with Crippen molar-refractivity contribution in [2.75, 3.05) is 7.11 Å². The Bertz CT molecular complexity index is 806. The van der Waals surface area contributed by atoms with Crippen LogP contribution in [-0.2, 0) is 22.6 Å². The third-order valence-corrected chi connectivity index (χ3v) is 4.89. The van der Waals surface area contributed by atoms with E-state index in [4.69, 9.17) is 9.15 Å². The van der Waals surface area contributed by atoms with Gasteiger partial charge in [0.2, 0.25) is 11.8 Å². The molecule has 2 aromatic rings. The molecular formula is C20H23FN2O4. The Labute approximate surface area is 157 Å². The summed E-state index contributed by atoms with van der Waals surface area (Å²) in [5.74, 6) is 0.665. The number of carbonyl (C=O) groups is 2. The van der Waals surface area contributed by atoms with Crippen molar-refractivity contribution < 1.29 is 23.1 Å². The standard InChI is InChI=1S/C20H23FN2O4/c1-26-15-4-5-17(21)14(11-15)12-20(9-7-19(25)23-20)8-6-18(24)22-13-16-3-2-10-27-16/h2-5,10-11H,6-9,12-13H2,1H3,(H,22,24)(H,23,25). The minimum Gasteiger partial charge on any atom is -0.497 e. The molecule has 1 aromatic heterocycles. The fourth-order valence-corrected chi connectivity index (χ4v) is 3.40. The molecule has 3 rings (SSSR count). The van der Waals surface area contributed by atoms with Gasteiger partial charge in [-0.15, -0.1) is 0 Å². The topological polar surface area (TPSA) is 80.6 Å². The smallest absolute Gasteiger partial charge is 0.220 e. The number of rotatable bonds is 8. The van der Waals surface area contributed by atoms with Crippen LogP contribution in [0.25, 0.3) is 0 Å². The number of carbonyl (C=O) groups excluding carboxylic acids is 2. The van der Waals surface area contributed by atoms with Gasteiger partial charge in [0, 0.05) is 18.4 Å². The molecule has 2 amide bonds. The molecule has 0 spiro atoms. The van der Waals surface area contributed by atoms with E-state index in [1.807, 2.05) is 0 Å². The van der Waals surface area contributed by atoms with Gasteiger partial charge in [0.1, 0.15) is 17.3 Å². The molecule has 7 heteroatoms. The fraction of sp³-hybridized carbons (Fsp3) is 0.400. The molecule has 1 unspecified atom stereocenters. The van der Waals surface area contributed by atoms with Gasteiger partial charge in [-0.05, 0) is 55.2 Å². The number of furan rings is 1. The molecule has 1 aliphatic heterocycles. The van der Waals surface area contributed by atoms with E-state index in [0.29, 0.717) is 49.3 Å². The first kappa shape index (κ1) is 18.9. The molecule has 2 N–H and O–H groups in total. The highest BCUT2D eigenvalue weighted by molar-refractivity contribution is 5.80. The molecule has 144 valence electrons. The first-order valence-electron chi connectivity index (χ1n) is 8.92. The number of amides is 2. The summed E-state index contributed by atoms with van der Waals surface area (Å²) in [6.45, 7) is 0.315. The maximum atomic E-state index is 14.2.